The number of rotatable bonds is 2. The van der Waals surface area contributed by atoms with Crippen LogP contribution in [0.25, 0.3) is 0 Å². The third kappa shape index (κ3) is 3.57. The fourth-order valence-corrected chi connectivity index (χ4v) is 10.7. The van der Waals surface area contributed by atoms with Crippen molar-refractivity contribution in [2.24, 2.45) is 39.4 Å². The van der Waals surface area contributed by atoms with Gasteiger partial charge in [-0.05, 0) is 112 Å². The van der Waals surface area contributed by atoms with Gasteiger partial charge in [0.15, 0.2) is 0 Å². The normalized spacial score (nSPS) is 56.1. The summed E-state index contributed by atoms with van der Waals surface area (Å²) < 4.78 is 6.65. The number of aliphatic hydroxyl groups excluding tert-OH is 3. The summed E-state index contributed by atoms with van der Waals surface area (Å²) >= 11 is 0. The van der Waals surface area contributed by atoms with Gasteiger partial charge in [0.1, 0.15) is 0 Å². The Kier molecular flexibility index (Phi) is 5.97. The highest BCUT2D eigenvalue weighted by Crippen LogP contribution is 2.76. The third-order valence-corrected chi connectivity index (χ3v) is 13.0. The number of hydrogen-bond donors (Lipinski definition) is 4. The Morgan fingerprint density at radius 1 is 0.800 bits per heavy atom. The van der Waals surface area contributed by atoms with E-state index in [0.717, 1.165) is 64.2 Å². The molecule has 5 aliphatic rings. The lowest BCUT2D eigenvalue weighted by Crippen LogP contribution is -2.62. The standard InChI is InChI=1S/C30H52O5/c1-25(2)18-16-30(11-8-9-22(25)33)14-13-27(5)24(29(7)12-10-23(35-29)26(3,4)34)20(32)17-28(27,6)21(30)15-19(18)31/h18-24,31-34H,8-17H2,1-7H3/t18-,19-,20-,21?,22-,23-,24-,27+,28-,29+,30?/m0/s1. The molecule has 1 heterocycles. The summed E-state index contributed by atoms with van der Waals surface area (Å²) in [6.45, 7) is 15.0. The Morgan fingerprint density at radius 2 is 1.49 bits per heavy atom. The van der Waals surface area contributed by atoms with E-state index in [1.54, 1.807) is 0 Å². The maximum absolute atomic E-state index is 11.7. The van der Waals surface area contributed by atoms with Crippen molar-refractivity contribution < 1.29 is 25.2 Å². The van der Waals surface area contributed by atoms with Gasteiger partial charge in [0, 0.05) is 5.92 Å². The van der Waals surface area contributed by atoms with Crippen LogP contribution in [0.4, 0.5) is 0 Å². The van der Waals surface area contributed by atoms with Crippen LogP contribution in [-0.2, 0) is 4.74 Å². The molecule has 5 rings (SSSR count). The van der Waals surface area contributed by atoms with E-state index in [1.807, 2.05) is 13.8 Å². The fraction of sp³-hybridized carbons (Fsp3) is 1.00. The molecule has 0 aromatic rings. The lowest BCUT2D eigenvalue weighted by molar-refractivity contribution is -0.219. The van der Waals surface area contributed by atoms with Crippen molar-refractivity contribution in [2.45, 2.75) is 148 Å². The Balaban J connectivity index is 1.51. The first-order valence-electron chi connectivity index (χ1n) is 14.4. The Labute approximate surface area is 213 Å². The molecule has 0 radical (unpaired) electrons. The molecule has 0 amide bonds. The third-order valence-electron chi connectivity index (χ3n) is 13.0. The van der Waals surface area contributed by atoms with Gasteiger partial charge in [-0.15, -0.1) is 0 Å². The molecular weight excluding hydrogens is 440 g/mol. The van der Waals surface area contributed by atoms with E-state index in [1.165, 1.54) is 0 Å². The second kappa shape index (κ2) is 7.91. The van der Waals surface area contributed by atoms with Crippen LogP contribution in [-0.4, -0.2) is 56.0 Å². The first kappa shape index (κ1) is 26.4. The zero-order chi connectivity index (χ0) is 25.8. The zero-order valence-electron chi connectivity index (χ0n) is 23.3. The molecule has 5 heteroatoms. The average molecular weight is 493 g/mol. The summed E-state index contributed by atoms with van der Waals surface area (Å²) in [5.41, 5.74) is -1.62. The predicted molar refractivity (Wildman–Crippen MR) is 137 cm³/mol. The van der Waals surface area contributed by atoms with Crippen LogP contribution in [0.15, 0.2) is 0 Å². The summed E-state index contributed by atoms with van der Waals surface area (Å²) in [4.78, 5) is 0. The van der Waals surface area contributed by atoms with Crippen LogP contribution in [0.1, 0.15) is 113 Å². The van der Waals surface area contributed by atoms with Crippen molar-refractivity contribution in [3.8, 4) is 0 Å². The second-order valence-electron chi connectivity index (χ2n) is 15.5. The van der Waals surface area contributed by atoms with Gasteiger partial charge in [-0.3, -0.25) is 0 Å². The van der Waals surface area contributed by atoms with E-state index in [4.69, 9.17) is 4.74 Å². The van der Waals surface area contributed by atoms with Gasteiger partial charge < -0.3 is 25.2 Å². The van der Waals surface area contributed by atoms with Gasteiger partial charge in [0.05, 0.1) is 35.6 Å². The molecule has 35 heavy (non-hydrogen) atoms. The van der Waals surface area contributed by atoms with E-state index < -0.39 is 23.4 Å². The highest BCUT2D eigenvalue weighted by Gasteiger charge is 2.72. The molecule has 11 atom stereocenters. The monoisotopic (exact) mass is 492 g/mol. The molecule has 4 N–H and O–H groups in total. The molecule has 1 aliphatic heterocycles. The summed E-state index contributed by atoms with van der Waals surface area (Å²) in [6.07, 6.45) is 7.96. The maximum atomic E-state index is 11.7. The van der Waals surface area contributed by atoms with Gasteiger partial charge >= 0.3 is 0 Å². The molecule has 1 saturated heterocycles. The molecule has 5 fully saturated rings. The van der Waals surface area contributed by atoms with E-state index >= 15 is 0 Å². The lowest BCUT2D eigenvalue weighted by atomic mass is 9.38. The smallest absolute Gasteiger partial charge is 0.0865 e. The molecule has 202 valence electrons. The number of ether oxygens (including phenoxy) is 1. The second-order valence-corrected chi connectivity index (χ2v) is 15.5. The minimum Gasteiger partial charge on any atom is -0.393 e. The largest absolute Gasteiger partial charge is 0.393 e. The van der Waals surface area contributed by atoms with E-state index in [0.29, 0.717) is 5.92 Å². The predicted octanol–water partition coefficient (Wildman–Crippen LogP) is 4.83. The quantitative estimate of drug-likeness (QED) is 0.443. The molecule has 5 nitrogen and oxygen atoms in total. The SMILES string of the molecule is CC(C)(O)[C@@H]1CC[C@](C)([C@H]2[C@@H](O)C[C@@]3(C)C4C[C@H](O)[C@@H]5CC4(CCC[C@H](O)C5(C)C)CC[C@]23C)O1. The van der Waals surface area contributed by atoms with E-state index in [2.05, 4.69) is 34.6 Å². The van der Waals surface area contributed by atoms with Gasteiger partial charge in [0.2, 0.25) is 0 Å². The summed E-state index contributed by atoms with van der Waals surface area (Å²) in [6, 6.07) is 0. The average Bonchev–Trinajstić information content (AvgIpc) is 3.23. The lowest BCUT2D eigenvalue weighted by Gasteiger charge is -2.66. The highest BCUT2D eigenvalue weighted by atomic mass is 16.5. The van der Waals surface area contributed by atoms with Gasteiger partial charge in [-0.1, -0.05) is 34.1 Å². The van der Waals surface area contributed by atoms with Crippen molar-refractivity contribution in [1.82, 2.24) is 0 Å². The van der Waals surface area contributed by atoms with Gasteiger partial charge in [-0.25, -0.2) is 0 Å². The van der Waals surface area contributed by atoms with Gasteiger partial charge in [0.25, 0.3) is 0 Å². The molecule has 1 spiro atoms. The molecule has 0 aromatic heterocycles. The van der Waals surface area contributed by atoms with Crippen molar-refractivity contribution in [3.63, 3.8) is 0 Å². The Hall–Kier alpha value is -0.200. The van der Waals surface area contributed by atoms with E-state index in [-0.39, 0.29) is 45.7 Å². The fourth-order valence-electron chi connectivity index (χ4n) is 10.7. The number of hydrogen-bond acceptors (Lipinski definition) is 5. The van der Waals surface area contributed by atoms with Crippen molar-refractivity contribution >= 4 is 0 Å². The topological polar surface area (TPSA) is 90.2 Å². The number of fused-ring (bicyclic) bond motifs is 3. The summed E-state index contributed by atoms with van der Waals surface area (Å²) in [5, 5.41) is 44.9. The van der Waals surface area contributed by atoms with Crippen LogP contribution in [0.5, 0.6) is 0 Å². The van der Waals surface area contributed by atoms with Crippen LogP contribution >= 0.6 is 0 Å². The first-order chi connectivity index (χ1) is 16.0. The molecule has 4 saturated carbocycles. The van der Waals surface area contributed by atoms with Crippen LogP contribution in [0.3, 0.4) is 0 Å². The van der Waals surface area contributed by atoms with Crippen LogP contribution in [0.2, 0.25) is 0 Å². The number of aliphatic hydroxyl groups is 4. The minimum atomic E-state index is -0.888. The summed E-state index contributed by atoms with van der Waals surface area (Å²) in [7, 11) is 0. The first-order valence-corrected chi connectivity index (χ1v) is 14.4. The molecule has 4 aliphatic carbocycles. The van der Waals surface area contributed by atoms with Crippen LogP contribution in [0, 0.1) is 39.4 Å². The van der Waals surface area contributed by atoms with Crippen LogP contribution < -0.4 is 0 Å². The molecule has 2 unspecified atom stereocenters. The molecule has 0 aromatic carbocycles. The van der Waals surface area contributed by atoms with Crippen molar-refractivity contribution in [2.75, 3.05) is 0 Å². The molecule has 2 bridgehead atoms. The Morgan fingerprint density at radius 3 is 2.11 bits per heavy atom. The minimum absolute atomic E-state index is 0.0198. The summed E-state index contributed by atoms with van der Waals surface area (Å²) in [5.74, 6) is 0.500. The van der Waals surface area contributed by atoms with E-state index in [9.17, 15) is 20.4 Å². The van der Waals surface area contributed by atoms with Gasteiger partial charge in [-0.2, -0.15) is 0 Å². The highest BCUT2D eigenvalue weighted by molar-refractivity contribution is 5.21. The molecular formula is C30H52O5. The Bertz CT molecular complexity index is 835. The van der Waals surface area contributed by atoms with Crippen molar-refractivity contribution in [1.29, 1.82) is 0 Å². The maximum Gasteiger partial charge on any atom is 0.0865 e. The zero-order valence-corrected chi connectivity index (χ0v) is 23.3. The van der Waals surface area contributed by atoms with Crippen molar-refractivity contribution in [3.05, 3.63) is 0 Å².